The first-order valence-corrected chi connectivity index (χ1v) is 42.1. The van der Waals surface area contributed by atoms with E-state index in [9.17, 15) is 24.0 Å². The van der Waals surface area contributed by atoms with Gasteiger partial charge in [-0.2, -0.15) is 0 Å². The molecule has 9 saturated heterocycles. The first kappa shape index (κ1) is 67.2. The summed E-state index contributed by atoms with van der Waals surface area (Å²) in [5.41, 5.74) is 0. The van der Waals surface area contributed by atoms with Gasteiger partial charge in [-0.05, 0) is 89.1 Å². The molecule has 0 amide bonds. The molecule has 0 aromatic carbocycles. The number of hydrogen-bond donors (Lipinski definition) is 0. The van der Waals surface area contributed by atoms with E-state index in [1.54, 1.807) is 0 Å². The van der Waals surface area contributed by atoms with Crippen molar-refractivity contribution in [3.63, 3.8) is 0 Å². The van der Waals surface area contributed by atoms with Crippen LogP contribution in [0, 0.1) is 0 Å². The fourth-order valence-electron chi connectivity index (χ4n) is 6.64. The molecule has 7 atom stereocenters. The van der Waals surface area contributed by atoms with E-state index in [1.165, 1.54) is 58.9 Å². The monoisotopic (exact) mass is 1130 g/mol. The van der Waals surface area contributed by atoms with Crippen LogP contribution < -0.4 is 0 Å². The normalized spacial score (nSPS) is 29.9. The number of carbonyl (C=O) groups excluding carboxylic acids is 5. The van der Waals surface area contributed by atoms with E-state index in [4.69, 9.17) is 23.7 Å². The number of ether oxygens (including phenoxy) is 5. The molecule has 68 heavy (non-hydrogen) atoms. The molecule has 0 spiro atoms. The van der Waals surface area contributed by atoms with Crippen LogP contribution in [0.4, 0.5) is 0 Å². The van der Waals surface area contributed by atoms with Crippen LogP contribution in [0.5, 0.6) is 0 Å². The molecule has 398 valence electrons. The summed E-state index contributed by atoms with van der Waals surface area (Å²) >= 11 is 0. The molecule has 9 rings (SSSR count). The van der Waals surface area contributed by atoms with Crippen LogP contribution in [0.2, 0.25) is 0 Å². The summed E-state index contributed by atoms with van der Waals surface area (Å²) in [5, 5.41) is 0. The second kappa shape index (κ2) is 44.4. The van der Waals surface area contributed by atoms with Crippen LogP contribution in [-0.2, 0) is 146 Å². The molecule has 9 aliphatic heterocycles. The molecule has 0 saturated carbocycles. The fourth-order valence-corrected chi connectivity index (χ4v) is 17.6. The molecule has 19 heteroatoms. The predicted molar refractivity (Wildman–Crippen MR) is 318 cm³/mol. The third-order valence-corrected chi connectivity index (χ3v) is 26.5. The lowest BCUT2D eigenvalue weighted by atomic mass is 10.2. The second-order valence-electron chi connectivity index (χ2n) is 18.2. The van der Waals surface area contributed by atoms with Crippen LogP contribution >= 0.6 is 0 Å². The van der Waals surface area contributed by atoms with E-state index in [-0.39, 0.29) is 5.97 Å². The number of esters is 1. The Bertz CT molecular complexity index is 1260. The van der Waals surface area contributed by atoms with Crippen molar-refractivity contribution in [2.75, 3.05) is 206 Å². The van der Waals surface area contributed by atoms with Gasteiger partial charge in [-0.1, -0.05) is 0 Å². The molecule has 0 N–H and O–H groups in total. The maximum atomic E-state index is 10.8. The van der Waals surface area contributed by atoms with Crippen LogP contribution in [0.25, 0.3) is 0 Å². The Balaban J connectivity index is 0.000000383. The topological polar surface area (TPSA) is 132 Å². The first-order valence-electron chi connectivity index (χ1n) is 24.4. The zero-order valence-electron chi connectivity index (χ0n) is 44.0. The van der Waals surface area contributed by atoms with Gasteiger partial charge >= 0.3 is 5.97 Å². The van der Waals surface area contributed by atoms with Crippen LogP contribution in [0.15, 0.2) is 0 Å². The highest BCUT2D eigenvalue weighted by molar-refractivity contribution is 7.98. The zero-order valence-corrected chi connectivity index (χ0v) is 51.4. The molecule has 7 unspecified atom stereocenters. The molecule has 0 aromatic heterocycles. The van der Waals surface area contributed by atoms with Crippen molar-refractivity contribution in [2.24, 2.45) is 0 Å². The van der Waals surface area contributed by atoms with Crippen LogP contribution in [0.3, 0.4) is 0 Å². The Labute approximate surface area is 441 Å². The van der Waals surface area contributed by atoms with Crippen molar-refractivity contribution in [2.45, 2.75) is 64.2 Å². The van der Waals surface area contributed by atoms with Crippen molar-refractivity contribution in [3.05, 3.63) is 0 Å². The lowest BCUT2D eigenvalue weighted by molar-refractivity contribution is -0.140. The Morgan fingerprint density at radius 2 is 0.603 bits per heavy atom. The minimum atomic E-state index is -0.0258. The largest absolute Gasteiger partial charge is 0.457 e. The standard InChI is InChI=1S/C7H13OS.C6H11OS.C6H13OS.C6H11OS.C5H9O2S.C5H11OS.C5H9OS.C5H11OS.C4H9OS/c1-9-5-2-3-7(8)4-6-9;1-8-4-2-6(7)3-5-8;1-8-5-2-3-7-4-6-8;1-8-4-2-3-6(7)5-8;1-8-3-2-7-5(6)4-8;1-7-4-2-6-3-5-7;1-7-3-2-5(6)4-7;1-7-4-2-3-6-5-7;1-6-3-2-5-4-6/h2-6H2,1H3;2-5H2,1H3;2-6H2,1H3;2-5H2,1H3;2-4H2,1H3;2-5H2,1H3;2-4H2,1H3;2-5H2,1H3;2-4H2,1H3/q9*+1. The van der Waals surface area contributed by atoms with Gasteiger partial charge < -0.3 is 23.7 Å². The lowest BCUT2D eigenvalue weighted by Crippen LogP contribution is -2.29. The second-order valence-corrected chi connectivity index (χ2v) is 38.9. The molecule has 9 fully saturated rings. The summed E-state index contributed by atoms with van der Waals surface area (Å²) in [6.07, 6.45) is 30.0. The first-order chi connectivity index (χ1) is 32.5. The van der Waals surface area contributed by atoms with Gasteiger partial charge in [-0.15, -0.1) is 0 Å². The maximum absolute atomic E-state index is 10.8. The Hall–Kier alpha value is 1.14. The fraction of sp³-hybridized carbons (Fsp3) is 0.898. The smallest absolute Gasteiger partial charge is 0.356 e. The molecule has 9 heterocycles. The Morgan fingerprint density at radius 1 is 0.279 bits per heavy atom. The summed E-state index contributed by atoms with van der Waals surface area (Å²) < 4.78 is 25.4. The van der Waals surface area contributed by atoms with Gasteiger partial charge in [0.1, 0.15) is 93.0 Å². The Morgan fingerprint density at radius 3 is 1.00 bits per heavy atom. The number of hydrogen-bond acceptors (Lipinski definition) is 10. The highest BCUT2D eigenvalue weighted by atomic mass is 32.2. The van der Waals surface area contributed by atoms with Crippen LogP contribution in [0.1, 0.15) is 64.2 Å². The number of rotatable bonds is 0. The summed E-state index contributed by atoms with van der Waals surface area (Å²) in [6, 6.07) is 0. The van der Waals surface area contributed by atoms with Crippen molar-refractivity contribution >= 4 is 127 Å². The van der Waals surface area contributed by atoms with E-state index in [2.05, 4.69) is 56.3 Å². The number of Topliss-reactive ketones (excluding diaryl/α,β-unsaturated/α-hetero) is 4. The Kier molecular flexibility index (Phi) is 43.9. The van der Waals surface area contributed by atoms with E-state index in [0.717, 1.165) is 143 Å². The summed E-state index contributed by atoms with van der Waals surface area (Å²) in [4.78, 5) is 53.0. The van der Waals surface area contributed by atoms with E-state index in [1.807, 2.05) is 0 Å². The highest BCUT2D eigenvalue weighted by Crippen LogP contribution is 2.10. The van der Waals surface area contributed by atoms with Crippen molar-refractivity contribution in [1.82, 2.24) is 0 Å². The van der Waals surface area contributed by atoms with Crippen molar-refractivity contribution in [1.29, 1.82) is 0 Å². The number of ketones is 4. The van der Waals surface area contributed by atoms with Gasteiger partial charge in [0, 0.05) is 47.5 Å². The quantitative estimate of drug-likeness (QED) is 0.260. The van der Waals surface area contributed by atoms with Gasteiger partial charge in [0.15, 0.2) is 23.1 Å². The molecule has 0 radical (unpaired) electrons. The average molecular weight is 1130 g/mol. The summed E-state index contributed by atoms with van der Waals surface area (Å²) in [6.45, 7) is 6.63. The average Bonchev–Trinajstić information content (AvgIpc) is 3.81. The van der Waals surface area contributed by atoms with E-state index < -0.39 is 0 Å². The van der Waals surface area contributed by atoms with Gasteiger partial charge in [0.2, 0.25) is 17.6 Å². The lowest BCUT2D eigenvalue weighted by Gasteiger charge is -2.09. The minimum Gasteiger partial charge on any atom is -0.457 e. The molecule has 0 aliphatic carbocycles. The molecule has 0 aromatic rings. The molecular formula is C49H97O10S9+9. The third-order valence-electron chi connectivity index (χ3n) is 11.1. The highest BCUT2D eigenvalue weighted by Gasteiger charge is 2.26. The van der Waals surface area contributed by atoms with Crippen LogP contribution in [-0.4, -0.2) is 236 Å². The minimum absolute atomic E-state index is 0.0258. The molecule has 10 nitrogen and oxygen atoms in total. The van der Waals surface area contributed by atoms with E-state index in [0.29, 0.717) is 134 Å². The number of carbonyl (C=O) groups is 5. The zero-order chi connectivity index (χ0) is 50.4. The SMILES string of the molecule is C[S+]1CCC(=O)C1.C[S+]1CCC(=O)CC1.C[S+]1CCCC(=O)C1.C[S+]1CCCC(=O)CC1.C[S+]1CCCOC1.C[S+]1CCCOCC1.C[S+]1CCOC(=O)C1.C[S+]1CCOC1.C[S+]1CCOCC1. The van der Waals surface area contributed by atoms with Gasteiger partial charge in [-0.25, -0.2) is 4.79 Å². The molecule has 9 aliphatic rings. The molecular weight excluding hydrogens is 1040 g/mol. The number of cyclic esters (lactones) is 1. The van der Waals surface area contributed by atoms with Gasteiger partial charge in [0.25, 0.3) is 0 Å². The third kappa shape index (κ3) is 42.5. The summed E-state index contributed by atoms with van der Waals surface area (Å²) in [7, 11) is 4.85. The van der Waals surface area contributed by atoms with Gasteiger partial charge in [0.05, 0.1) is 122 Å². The van der Waals surface area contributed by atoms with E-state index >= 15 is 0 Å². The van der Waals surface area contributed by atoms with Crippen molar-refractivity contribution in [3.8, 4) is 0 Å². The summed E-state index contributed by atoms with van der Waals surface area (Å²) in [5.74, 6) is 22.4. The molecule has 0 bridgehead atoms. The maximum Gasteiger partial charge on any atom is 0.356 e. The van der Waals surface area contributed by atoms with Gasteiger partial charge in [-0.3, -0.25) is 19.2 Å². The predicted octanol–water partition coefficient (Wildman–Crippen LogP) is 3.93. The van der Waals surface area contributed by atoms with Crippen molar-refractivity contribution < 1.29 is 47.7 Å².